The second-order valence-electron chi connectivity index (χ2n) is 5.11. The number of carbonyl (C=O) groups is 2. The summed E-state index contributed by atoms with van der Waals surface area (Å²) in [6.07, 6.45) is 0.0816. The van der Waals surface area contributed by atoms with Crippen molar-refractivity contribution in [1.82, 2.24) is 4.90 Å². The van der Waals surface area contributed by atoms with Gasteiger partial charge in [-0.1, -0.05) is 0 Å². The fraction of sp³-hybridized carbons (Fsp3) is 0.375. The lowest BCUT2D eigenvalue weighted by Crippen LogP contribution is -2.38. The van der Waals surface area contributed by atoms with Crippen LogP contribution < -0.4 is 9.64 Å². The van der Waals surface area contributed by atoms with Gasteiger partial charge in [0.1, 0.15) is 18.8 Å². The molecule has 1 saturated heterocycles. The molecule has 118 valence electrons. The molecule has 1 unspecified atom stereocenters. The SMILES string of the molecule is COc1ccc(N2CC(C(=O)N(CC#N)CC#N)CC2=O)cc1. The molecule has 7 nitrogen and oxygen atoms in total. The highest BCUT2D eigenvalue weighted by Gasteiger charge is 2.37. The van der Waals surface area contributed by atoms with E-state index in [9.17, 15) is 9.59 Å². The van der Waals surface area contributed by atoms with Gasteiger partial charge in [-0.25, -0.2) is 0 Å². The highest BCUT2D eigenvalue weighted by atomic mass is 16.5. The summed E-state index contributed by atoms with van der Waals surface area (Å²) < 4.78 is 5.08. The first-order chi connectivity index (χ1) is 11.1. The molecule has 0 spiro atoms. The van der Waals surface area contributed by atoms with Gasteiger partial charge in [0, 0.05) is 18.7 Å². The molecule has 0 saturated carbocycles. The van der Waals surface area contributed by atoms with E-state index >= 15 is 0 Å². The van der Waals surface area contributed by atoms with E-state index in [0.717, 1.165) is 0 Å². The first-order valence-corrected chi connectivity index (χ1v) is 7.07. The predicted molar refractivity (Wildman–Crippen MR) is 81.3 cm³/mol. The van der Waals surface area contributed by atoms with E-state index in [-0.39, 0.29) is 37.9 Å². The Balaban J connectivity index is 2.10. The van der Waals surface area contributed by atoms with Gasteiger partial charge in [-0.2, -0.15) is 10.5 Å². The van der Waals surface area contributed by atoms with Crippen LogP contribution in [-0.2, 0) is 9.59 Å². The number of carbonyl (C=O) groups excluding carboxylic acids is 2. The van der Waals surface area contributed by atoms with Crippen LogP contribution in [-0.4, -0.2) is 43.5 Å². The molecular weight excluding hydrogens is 296 g/mol. The van der Waals surface area contributed by atoms with Gasteiger partial charge < -0.3 is 14.5 Å². The van der Waals surface area contributed by atoms with E-state index in [1.807, 2.05) is 12.1 Å². The largest absolute Gasteiger partial charge is 0.497 e. The molecule has 0 bridgehead atoms. The Morgan fingerprint density at radius 3 is 2.43 bits per heavy atom. The summed E-state index contributed by atoms with van der Waals surface area (Å²) in [5.74, 6) is -0.339. The summed E-state index contributed by atoms with van der Waals surface area (Å²) in [6.45, 7) is -0.0589. The minimum Gasteiger partial charge on any atom is -0.497 e. The first kappa shape index (κ1) is 16.3. The molecule has 1 aliphatic rings. The lowest BCUT2D eigenvalue weighted by atomic mass is 10.1. The smallest absolute Gasteiger partial charge is 0.229 e. The zero-order chi connectivity index (χ0) is 16.8. The molecule has 0 N–H and O–H groups in total. The molecular formula is C16H16N4O3. The highest BCUT2D eigenvalue weighted by Crippen LogP contribution is 2.27. The normalized spacial score (nSPS) is 16.6. The van der Waals surface area contributed by atoms with Crippen molar-refractivity contribution in [2.24, 2.45) is 5.92 Å². The van der Waals surface area contributed by atoms with E-state index in [0.29, 0.717) is 11.4 Å². The quantitative estimate of drug-likeness (QED) is 0.753. The lowest BCUT2D eigenvalue weighted by Gasteiger charge is -2.20. The average Bonchev–Trinajstić information content (AvgIpc) is 2.96. The van der Waals surface area contributed by atoms with Crippen LogP contribution in [0.1, 0.15) is 6.42 Å². The van der Waals surface area contributed by atoms with Crippen LogP contribution in [0.2, 0.25) is 0 Å². The van der Waals surface area contributed by atoms with Gasteiger partial charge in [-0.05, 0) is 24.3 Å². The number of ether oxygens (including phenoxy) is 1. The Hall–Kier alpha value is -3.06. The third-order valence-electron chi connectivity index (χ3n) is 3.69. The van der Waals surface area contributed by atoms with Gasteiger partial charge in [0.15, 0.2) is 0 Å². The van der Waals surface area contributed by atoms with Crippen LogP contribution in [0.5, 0.6) is 5.75 Å². The standard InChI is InChI=1S/C16H16N4O3/c1-23-14-4-2-13(3-5-14)20-11-12(10-15(20)21)16(22)19(8-6-17)9-7-18/h2-5,12H,8-11H2,1H3. The van der Waals surface area contributed by atoms with Crippen molar-refractivity contribution in [2.45, 2.75) is 6.42 Å². The number of methoxy groups -OCH3 is 1. The molecule has 1 aromatic carbocycles. The first-order valence-electron chi connectivity index (χ1n) is 7.07. The average molecular weight is 312 g/mol. The second kappa shape index (κ2) is 7.28. The van der Waals surface area contributed by atoms with Crippen molar-refractivity contribution in [1.29, 1.82) is 10.5 Å². The summed E-state index contributed by atoms with van der Waals surface area (Å²) in [4.78, 5) is 27.3. The molecule has 2 rings (SSSR count). The summed E-state index contributed by atoms with van der Waals surface area (Å²) >= 11 is 0. The van der Waals surface area contributed by atoms with Crippen molar-refractivity contribution >= 4 is 17.5 Å². The number of anilines is 1. The van der Waals surface area contributed by atoms with Gasteiger partial charge in [0.2, 0.25) is 11.8 Å². The van der Waals surface area contributed by atoms with E-state index < -0.39 is 5.92 Å². The van der Waals surface area contributed by atoms with Crippen LogP contribution >= 0.6 is 0 Å². The summed E-state index contributed by atoms with van der Waals surface area (Å²) in [5.41, 5.74) is 0.693. The van der Waals surface area contributed by atoms with Crippen molar-refractivity contribution in [3.63, 3.8) is 0 Å². The van der Waals surface area contributed by atoms with E-state index in [1.165, 1.54) is 4.90 Å². The molecule has 0 aromatic heterocycles. The second-order valence-corrected chi connectivity index (χ2v) is 5.11. The molecule has 1 heterocycles. The maximum absolute atomic E-state index is 12.4. The zero-order valence-corrected chi connectivity index (χ0v) is 12.7. The number of rotatable bonds is 5. The maximum atomic E-state index is 12.4. The van der Waals surface area contributed by atoms with Gasteiger partial charge in [-0.3, -0.25) is 9.59 Å². The van der Waals surface area contributed by atoms with Gasteiger partial charge in [0.25, 0.3) is 0 Å². The minimum atomic E-state index is -0.536. The molecule has 7 heteroatoms. The zero-order valence-electron chi connectivity index (χ0n) is 12.7. The molecule has 1 atom stereocenters. The number of benzene rings is 1. The molecule has 1 aliphatic heterocycles. The Labute approximate surface area is 134 Å². The third kappa shape index (κ3) is 3.58. The molecule has 0 aliphatic carbocycles. The van der Waals surface area contributed by atoms with E-state index in [1.54, 1.807) is 36.3 Å². The number of amides is 2. The lowest BCUT2D eigenvalue weighted by molar-refractivity contribution is -0.134. The maximum Gasteiger partial charge on any atom is 0.229 e. The topological polar surface area (TPSA) is 97.4 Å². The van der Waals surface area contributed by atoms with Crippen molar-refractivity contribution < 1.29 is 14.3 Å². The molecule has 0 radical (unpaired) electrons. The number of nitriles is 2. The fourth-order valence-corrected chi connectivity index (χ4v) is 2.53. The molecule has 2 amide bonds. The van der Waals surface area contributed by atoms with Crippen LogP contribution in [0.3, 0.4) is 0 Å². The Morgan fingerprint density at radius 2 is 1.91 bits per heavy atom. The molecule has 1 fully saturated rings. The summed E-state index contributed by atoms with van der Waals surface area (Å²) in [5, 5.41) is 17.5. The van der Waals surface area contributed by atoms with Crippen molar-refractivity contribution in [3.8, 4) is 17.9 Å². The van der Waals surface area contributed by atoms with Crippen LogP contribution in [0.25, 0.3) is 0 Å². The van der Waals surface area contributed by atoms with Crippen LogP contribution in [0.15, 0.2) is 24.3 Å². The summed E-state index contributed by atoms with van der Waals surface area (Å²) in [7, 11) is 1.56. The Morgan fingerprint density at radius 1 is 1.30 bits per heavy atom. The van der Waals surface area contributed by atoms with Crippen LogP contribution in [0.4, 0.5) is 5.69 Å². The minimum absolute atomic E-state index is 0.0816. The van der Waals surface area contributed by atoms with Gasteiger partial charge >= 0.3 is 0 Å². The Bertz CT molecular complexity index is 656. The van der Waals surface area contributed by atoms with E-state index in [4.69, 9.17) is 15.3 Å². The predicted octanol–water partition coefficient (Wildman–Crippen LogP) is 0.924. The van der Waals surface area contributed by atoms with Gasteiger partial charge in [-0.15, -0.1) is 0 Å². The third-order valence-corrected chi connectivity index (χ3v) is 3.69. The number of hydrogen-bond donors (Lipinski definition) is 0. The molecule has 1 aromatic rings. The number of nitrogens with zero attached hydrogens (tertiary/aromatic N) is 4. The molecule has 23 heavy (non-hydrogen) atoms. The summed E-state index contributed by atoms with van der Waals surface area (Å²) in [6, 6.07) is 10.7. The highest BCUT2D eigenvalue weighted by molar-refractivity contribution is 6.00. The van der Waals surface area contributed by atoms with Crippen molar-refractivity contribution in [3.05, 3.63) is 24.3 Å². The monoisotopic (exact) mass is 312 g/mol. The van der Waals surface area contributed by atoms with Gasteiger partial charge in [0.05, 0.1) is 25.2 Å². The number of hydrogen-bond acceptors (Lipinski definition) is 5. The van der Waals surface area contributed by atoms with E-state index in [2.05, 4.69) is 0 Å². The van der Waals surface area contributed by atoms with Crippen LogP contribution in [0, 0.1) is 28.6 Å². The Kier molecular flexibility index (Phi) is 5.16. The fourth-order valence-electron chi connectivity index (χ4n) is 2.53. The van der Waals surface area contributed by atoms with Crippen molar-refractivity contribution in [2.75, 3.05) is 31.6 Å².